The molecule has 0 aromatic rings. The molecule has 0 N–H and O–H groups in total. The lowest BCUT2D eigenvalue weighted by atomic mass is 10.4. The molecule has 0 bridgehead atoms. The molecule has 0 radical (unpaired) electrons. The molecule has 31 heavy (non-hydrogen) atoms. The molecule has 0 fully saturated rings. The molecule has 0 amide bonds. The van der Waals surface area contributed by atoms with E-state index in [9.17, 15) is 0 Å². The van der Waals surface area contributed by atoms with Gasteiger partial charge in [0, 0.05) is 26.4 Å². The van der Waals surface area contributed by atoms with Gasteiger partial charge >= 0.3 is 17.1 Å². The van der Waals surface area contributed by atoms with Crippen molar-refractivity contribution in [2.24, 2.45) is 0 Å². The van der Waals surface area contributed by atoms with E-state index in [4.69, 9.17) is 17.7 Å². The molecule has 0 unspecified atom stereocenters. The normalized spacial score (nSPS) is 14.2. The zero-order valence-electron chi connectivity index (χ0n) is 21.7. The second kappa shape index (κ2) is 19.2. The van der Waals surface area contributed by atoms with Crippen LogP contribution in [0.1, 0.15) is 106 Å². The lowest BCUT2D eigenvalue weighted by Gasteiger charge is -2.43. The van der Waals surface area contributed by atoms with Gasteiger partial charge in [0.2, 0.25) is 0 Å². The van der Waals surface area contributed by atoms with Gasteiger partial charge in [0.25, 0.3) is 0 Å². The maximum atomic E-state index is 6.75. The van der Waals surface area contributed by atoms with E-state index in [1.54, 1.807) is 0 Å². The number of unbranched alkanes of at least 4 members (excludes halogenated alkanes) is 4. The van der Waals surface area contributed by atoms with Crippen molar-refractivity contribution in [3.63, 3.8) is 0 Å². The van der Waals surface area contributed by atoms with Gasteiger partial charge in [0.05, 0.1) is 5.16 Å². The van der Waals surface area contributed by atoms with Crippen molar-refractivity contribution in [1.82, 2.24) is 0 Å². The molecular formula is C25H52O4Si2. The monoisotopic (exact) mass is 472 g/mol. The molecule has 4 nitrogen and oxygen atoms in total. The first kappa shape index (κ1) is 30.8. The van der Waals surface area contributed by atoms with Crippen LogP contribution in [-0.2, 0) is 17.7 Å². The summed E-state index contributed by atoms with van der Waals surface area (Å²) >= 11 is 0. The van der Waals surface area contributed by atoms with Crippen LogP contribution in [0.2, 0.25) is 5.16 Å². The van der Waals surface area contributed by atoms with Crippen molar-refractivity contribution in [3.8, 4) is 0 Å². The zero-order valence-corrected chi connectivity index (χ0v) is 23.7. The summed E-state index contributed by atoms with van der Waals surface area (Å²) < 4.78 is 27.0. The second-order valence-electron chi connectivity index (χ2n) is 8.21. The van der Waals surface area contributed by atoms with Crippen LogP contribution < -0.4 is 0 Å². The molecule has 0 aliphatic carbocycles. The summed E-state index contributed by atoms with van der Waals surface area (Å²) in [6.45, 7) is 18.2. The summed E-state index contributed by atoms with van der Waals surface area (Å²) in [6.07, 6.45) is 13.8. The molecule has 0 aromatic heterocycles. The Bertz CT molecular complexity index is 408. The maximum Gasteiger partial charge on any atom is 0.370 e. The van der Waals surface area contributed by atoms with E-state index in [-0.39, 0.29) is 5.16 Å². The second-order valence-corrected chi connectivity index (χ2v) is 14.9. The first-order valence-electron chi connectivity index (χ1n) is 12.9. The van der Waals surface area contributed by atoms with Crippen LogP contribution in [0, 0.1) is 0 Å². The Labute approximate surface area is 196 Å². The Morgan fingerprint density at radius 1 is 0.548 bits per heavy atom. The molecular weight excluding hydrogens is 420 g/mol. The highest BCUT2D eigenvalue weighted by Gasteiger charge is 2.58. The fourth-order valence-corrected chi connectivity index (χ4v) is 13.3. The predicted octanol–water partition coefficient (Wildman–Crippen LogP) is 7.69. The molecule has 0 rings (SSSR count). The third-order valence-electron chi connectivity index (χ3n) is 5.48. The van der Waals surface area contributed by atoms with E-state index in [1.807, 2.05) is 0 Å². The molecule has 0 saturated heterocycles. The van der Waals surface area contributed by atoms with Gasteiger partial charge in [-0.1, -0.05) is 72.5 Å². The van der Waals surface area contributed by atoms with Crippen molar-refractivity contribution in [2.75, 3.05) is 26.4 Å². The van der Waals surface area contributed by atoms with Gasteiger partial charge < -0.3 is 17.7 Å². The van der Waals surface area contributed by atoms with Gasteiger partial charge in [-0.05, 0) is 57.4 Å². The molecule has 6 heteroatoms. The topological polar surface area (TPSA) is 36.9 Å². The number of allylic oxidation sites excluding steroid dienone is 2. The molecule has 184 valence electrons. The molecule has 0 heterocycles. The standard InChI is InChI=1S/C25H52O4Si2/c1-8-15-19-26-30(23-12-5,27-20-16-9-2)25(14-7)31(24-13-6,28-21-17-10-3)29-22-18-11-4/h12-13,23-25H,8-11,14-22H2,1-7H3. The SMILES string of the molecule is CC=C[Si](OCCCC)(OCCCC)C(CC)[Si](C=CC)(OCCCC)OCCCC. The lowest BCUT2D eigenvalue weighted by Crippen LogP contribution is -2.60. The lowest BCUT2D eigenvalue weighted by molar-refractivity contribution is 0.141. The predicted molar refractivity (Wildman–Crippen MR) is 139 cm³/mol. The van der Waals surface area contributed by atoms with Crippen molar-refractivity contribution < 1.29 is 17.7 Å². The minimum Gasteiger partial charge on any atom is -0.391 e. The van der Waals surface area contributed by atoms with Crippen LogP contribution >= 0.6 is 0 Å². The summed E-state index contributed by atoms with van der Waals surface area (Å²) in [5.74, 6) is 0. The van der Waals surface area contributed by atoms with Crippen LogP contribution in [0.15, 0.2) is 23.6 Å². The molecule has 0 aliphatic rings. The Kier molecular flexibility index (Phi) is 19.1. The molecule has 0 aromatic carbocycles. The van der Waals surface area contributed by atoms with E-state index in [0.717, 1.165) is 84.2 Å². The number of hydrogen-bond donors (Lipinski definition) is 0. The first-order chi connectivity index (χ1) is 15.1. The minimum absolute atomic E-state index is 0.148. The smallest absolute Gasteiger partial charge is 0.370 e. The quantitative estimate of drug-likeness (QED) is 0.127. The van der Waals surface area contributed by atoms with E-state index < -0.39 is 17.1 Å². The fraction of sp³-hybridized carbons (Fsp3) is 0.840. The van der Waals surface area contributed by atoms with Gasteiger partial charge in [-0.25, -0.2) is 0 Å². The highest BCUT2D eigenvalue weighted by molar-refractivity contribution is 6.93. The van der Waals surface area contributed by atoms with Crippen LogP contribution in [-0.4, -0.2) is 43.5 Å². The Morgan fingerprint density at radius 3 is 1.03 bits per heavy atom. The number of rotatable bonds is 21. The first-order valence-corrected chi connectivity index (χ1v) is 16.8. The third-order valence-corrected chi connectivity index (χ3v) is 14.9. The summed E-state index contributed by atoms with van der Waals surface area (Å²) in [6, 6.07) is 0. The summed E-state index contributed by atoms with van der Waals surface area (Å²) in [5.41, 5.74) is 4.51. The van der Waals surface area contributed by atoms with Crippen LogP contribution in [0.25, 0.3) is 0 Å². The highest BCUT2D eigenvalue weighted by atomic mass is 28.4. The Balaban J connectivity index is 6.30. The zero-order chi connectivity index (χ0) is 23.4. The van der Waals surface area contributed by atoms with Crippen molar-refractivity contribution in [1.29, 1.82) is 0 Å². The van der Waals surface area contributed by atoms with Gasteiger partial charge in [0.15, 0.2) is 0 Å². The van der Waals surface area contributed by atoms with Gasteiger partial charge in [-0.3, -0.25) is 0 Å². The van der Waals surface area contributed by atoms with E-state index >= 15 is 0 Å². The third kappa shape index (κ3) is 10.9. The maximum absolute atomic E-state index is 6.75. The summed E-state index contributed by atoms with van der Waals surface area (Å²) in [4.78, 5) is 0. The summed E-state index contributed by atoms with van der Waals surface area (Å²) in [7, 11) is -5.43. The van der Waals surface area contributed by atoms with Crippen molar-refractivity contribution in [3.05, 3.63) is 23.6 Å². The average molecular weight is 473 g/mol. The van der Waals surface area contributed by atoms with E-state index in [0.29, 0.717) is 0 Å². The molecule has 0 saturated carbocycles. The Morgan fingerprint density at radius 2 is 0.839 bits per heavy atom. The van der Waals surface area contributed by atoms with Crippen molar-refractivity contribution >= 4 is 17.1 Å². The highest BCUT2D eigenvalue weighted by Crippen LogP contribution is 2.40. The van der Waals surface area contributed by atoms with Crippen molar-refractivity contribution in [2.45, 2.75) is 111 Å². The molecule has 0 atom stereocenters. The fourth-order valence-electron chi connectivity index (χ4n) is 3.73. The van der Waals surface area contributed by atoms with Gasteiger partial charge in [0.1, 0.15) is 0 Å². The molecule has 0 spiro atoms. The summed E-state index contributed by atoms with van der Waals surface area (Å²) in [5, 5.41) is 0.148. The molecule has 0 aliphatic heterocycles. The average Bonchev–Trinajstić information content (AvgIpc) is 2.75. The van der Waals surface area contributed by atoms with Gasteiger partial charge in [-0.2, -0.15) is 0 Å². The minimum atomic E-state index is -2.71. The van der Waals surface area contributed by atoms with E-state index in [2.05, 4.69) is 72.0 Å². The van der Waals surface area contributed by atoms with Crippen LogP contribution in [0.3, 0.4) is 0 Å². The van der Waals surface area contributed by atoms with E-state index in [1.165, 1.54) is 0 Å². The van der Waals surface area contributed by atoms with Crippen LogP contribution in [0.5, 0.6) is 0 Å². The van der Waals surface area contributed by atoms with Crippen LogP contribution in [0.4, 0.5) is 0 Å². The number of hydrogen-bond acceptors (Lipinski definition) is 4. The largest absolute Gasteiger partial charge is 0.391 e. The Hall–Kier alpha value is -0.246. The van der Waals surface area contributed by atoms with Gasteiger partial charge in [-0.15, -0.1) is 0 Å².